The Hall–Kier alpha value is -1.35. The predicted molar refractivity (Wildman–Crippen MR) is 73.8 cm³/mol. The number of benzene rings is 1. The predicted octanol–water partition coefficient (Wildman–Crippen LogP) is 2.03. The van der Waals surface area contributed by atoms with Gasteiger partial charge in [-0.3, -0.25) is 4.79 Å². The van der Waals surface area contributed by atoms with Gasteiger partial charge in [0.2, 0.25) is 0 Å². The standard InChI is InChI=1S/C15H22N2O/c1-11-5-6-12(2)14(8-11)15(18)17-10-13-4-3-7-16-9-13/h5-6,8,13,16H,3-4,7,9-10H2,1-2H3,(H,17,18). The van der Waals surface area contributed by atoms with E-state index in [0.717, 1.165) is 36.3 Å². The first-order chi connectivity index (χ1) is 8.66. The van der Waals surface area contributed by atoms with Crippen molar-refractivity contribution in [1.82, 2.24) is 10.6 Å². The molecule has 1 unspecified atom stereocenters. The highest BCUT2D eigenvalue weighted by Gasteiger charge is 2.15. The molecule has 0 aromatic heterocycles. The summed E-state index contributed by atoms with van der Waals surface area (Å²) in [6.07, 6.45) is 2.42. The lowest BCUT2D eigenvalue weighted by Crippen LogP contribution is -2.38. The van der Waals surface area contributed by atoms with Crippen molar-refractivity contribution in [1.29, 1.82) is 0 Å². The van der Waals surface area contributed by atoms with Gasteiger partial charge in [-0.2, -0.15) is 0 Å². The van der Waals surface area contributed by atoms with E-state index in [9.17, 15) is 4.79 Å². The summed E-state index contributed by atoms with van der Waals surface area (Å²) in [5.74, 6) is 0.634. The quantitative estimate of drug-likeness (QED) is 0.857. The van der Waals surface area contributed by atoms with Crippen molar-refractivity contribution in [2.75, 3.05) is 19.6 Å². The molecule has 1 atom stereocenters. The van der Waals surface area contributed by atoms with Gasteiger partial charge in [0.15, 0.2) is 0 Å². The minimum atomic E-state index is 0.0572. The maximum absolute atomic E-state index is 12.1. The average Bonchev–Trinajstić information content (AvgIpc) is 2.40. The van der Waals surface area contributed by atoms with Crippen LogP contribution >= 0.6 is 0 Å². The van der Waals surface area contributed by atoms with Crippen molar-refractivity contribution in [3.63, 3.8) is 0 Å². The molecular formula is C15H22N2O. The molecule has 3 nitrogen and oxygen atoms in total. The van der Waals surface area contributed by atoms with E-state index in [1.807, 2.05) is 32.0 Å². The monoisotopic (exact) mass is 246 g/mol. The fourth-order valence-electron chi connectivity index (χ4n) is 2.41. The summed E-state index contributed by atoms with van der Waals surface area (Å²) in [6.45, 7) is 6.91. The van der Waals surface area contributed by atoms with Crippen LogP contribution in [0, 0.1) is 19.8 Å². The second-order valence-electron chi connectivity index (χ2n) is 5.24. The Balaban J connectivity index is 1.92. The first kappa shape index (κ1) is 13.1. The highest BCUT2D eigenvalue weighted by molar-refractivity contribution is 5.95. The van der Waals surface area contributed by atoms with Crippen LogP contribution in [0.5, 0.6) is 0 Å². The summed E-state index contributed by atoms with van der Waals surface area (Å²) in [5, 5.41) is 6.43. The zero-order chi connectivity index (χ0) is 13.0. The average molecular weight is 246 g/mol. The molecule has 1 heterocycles. The van der Waals surface area contributed by atoms with E-state index in [2.05, 4.69) is 10.6 Å². The minimum absolute atomic E-state index is 0.0572. The molecule has 1 aromatic rings. The Morgan fingerprint density at radius 1 is 1.44 bits per heavy atom. The third-order valence-electron chi connectivity index (χ3n) is 3.59. The van der Waals surface area contributed by atoms with E-state index in [1.165, 1.54) is 12.8 Å². The molecule has 2 rings (SSSR count). The van der Waals surface area contributed by atoms with Crippen LogP contribution in [0.25, 0.3) is 0 Å². The van der Waals surface area contributed by atoms with E-state index in [0.29, 0.717) is 5.92 Å². The van der Waals surface area contributed by atoms with Gasteiger partial charge in [0, 0.05) is 12.1 Å². The molecule has 1 aliphatic rings. The van der Waals surface area contributed by atoms with Gasteiger partial charge in [-0.1, -0.05) is 17.7 Å². The number of piperidine rings is 1. The molecule has 98 valence electrons. The summed E-state index contributed by atoms with van der Waals surface area (Å²) in [4.78, 5) is 12.1. The third-order valence-corrected chi connectivity index (χ3v) is 3.59. The van der Waals surface area contributed by atoms with Crippen LogP contribution in [-0.2, 0) is 0 Å². The molecule has 0 spiro atoms. The van der Waals surface area contributed by atoms with Gasteiger partial charge in [0.25, 0.3) is 5.91 Å². The molecule has 0 saturated carbocycles. The Bertz CT molecular complexity index is 423. The van der Waals surface area contributed by atoms with Crippen molar-refractivity contribution >= 4 is 5.91 Å². The van der Waals surface area contributed by atoms with Crippen molar-refractivity contribution < 1.29 is 4.79 Å². The van der Waals surface area contributed by atoms with Gasteiger partial charge in [-0.25, -0.2) is 0 Å². The van der Waals surface area contributed by atoms with Crippen LogP contribution in [-0.4, -0.2) is 25.5 Å². The first-order valence-electron chi connectivity index (χ1n) is 6.73. The fourth-order valence-corrected chi connectivity index (χ4v) is 2.41. The van der Waals surface area contributed by atoms with Gasteiger partial charge in [0.1, 0.15) is 0 Å². The van der Waals surface area contributed by atoms with Crippen molar-refractivity contribution in [3.8, 4) is 0 Å². The molecule has 1 saturated heterocycles. The van der Waals surface area contributed by atoms with Crippen LogP contribution in [0.15, 0.2) is 18.2 Å². The van der Waals surface area contributed by atoms with E-state index >= 15 is 0 Å². The van der Waals surface area contributed by atoms with Crippen LogP contribution in [0.1, 0.15) is 34.3 Å². The van der Waals surface area contributed by atoms with E-state index in [1.54, 1.807) is 0 Å². The van der Waals surface area contributed by atoms with Crippen molar-refractivity contribution in [2.24, 2.45) is 5.92 Å². The molecule has 1 aromatic carbocycles. The number of hydrogen-bond acceptors (Lipinski definition) is 2. The van der Waals surface area contributed by atoms with Crippen LogP contribution in [0.4, 0.5) is 0 Å². The second kappa shape index (κ2) is 6.01. The van der Waals surface area contributed by atoms with Crippen LogP contribution in [0.2, 0.25) is 0 Å². The summed E-state index contributed by atoms with van der Waals surface area (Å²) < 4.78 is 0. The lowest BCUT2D eigenvalue weighted by atomic mass is 9.99. The van der Waals surface area contributed by atoms with E-state index in [-0.39, 0.29) is 5.91 Å². The molecule has 1 amide bonds. The largest absolute Gasteiger partial charge is 0.352 e. The molecule has 18 heavy (non-hydrogen) atoms. The maximum Gasteiger partial charge on any atom is 0.251 e. The molecule has 1 fully saturated rings. The zero-order valence-electron chi connectivity index (χ0n) is 11.3. The normalized spacial score (nSPS) is 19.6. The van der Waals surface area contributed by atoms with Crippen molar-refractivity contribution in [3.05, 3.63) is 34.9 Å². The van der Waals surface area contributed by atoms with Gasteiger partial charge in [0.05, 0.1) is 0 Å². The minimum Gasteiger partial charge on any atom is -0.352 e. The van der Waals surface area contributed by atoms with Crippen molar-refractivity contribution in [2.45, 2.75) is 26.7 Å². The molecule has 0 aliphatic carbocycles. The molecule has 0 radical (unpaired) electrons. The number of carbonyl (C=O) groups excluding carboxylic acids is 1. The summed E-state index contributed by atoms with van der Waals surface area (Å²) in [5.41, 5.74) is 2.98. The smallest absolute Gasteiger partial charge is 0.251 e. The number of aryl methyl sites for hydroxylation is 2. The van der Waals surface area contributed by atoms with Crippen LogP contribution in [0.3, 0.4) is 0 Å². The number of carbonyl (C=O) groups is 1. The molecule has 3 heteroatoms. The van der Waals surface area contributed by atoms with Gasteiger partial charge in [-0.05, 0) is 57.3 Å². The first-order valence-corrected chi connectivity index (χ1v) is 6.73. The van der Waals surface area contributed by atoms with Gasteiger partial charge < -0.3 is 10.6 Å². The summed E-state index contributed by atoms with van der Waals surface area (Å²) >= 11 is 0. The lowest BCUT2D eigenvalue weighted by Gasteiger charge is -2.23. The Kier molecular flexibility index (Phi) is 4.37. The molecule has 0 bridgehead atoms. The fraction of sp³-hybridized carbons (Fsp3) is 0.533. The van der Waals surface area contributed by atoms with E-state index < -0.39 is 0 Å². The number of nitrogens with one attached hydrogen (secondary N) is 2. The number of amides is 1. The van der Waals surface area contributed by atoms with E-state index in [4.69, 9.17) is 0 Å². The highest BCUT2D eigenvalue weighted by atomic mass is 16.1. The maximum atomic E-state index is 12.1. The third kappa shape index (κ3) is 3.33. The molecular weight excluding hydrogens is 224 g/mol. The lowest BCUT2D eigenvalue weighted by molar-refractivity contribution is 0.0944. The van der Waals surface area contributed by atoms with Crippen LogP contribution < -0.4 is 10.6 Å². The highest BCUT2D eigenvalue weighted by Crippen LogP contribution is 2.12. The summed E-state index contributed by atoms with van der Waals surface area (Å²) in [6, 6.07) is 6.01. The summed E-state index contributed by atoms with van der Waals surface area (Å²) in [7, 11) is 0. The molecule has 2 N–H and O–H groups in total. The Morgan fingerprint density at radius 3 is 3.00 bits per heavy atom. The van der Waals surface area contributed by atoms with Gasteiger partial charge >= 0.3 is 0 Å². The topological polar surface area (TPSA) is 41.1 Å². The Morgan fingerprint density at radius 2 is 2.28 bits per heavy atom. The number of rotatable bonds is 3. The number of hydrogen-bond donors (Lipinski definition) is 2. The zero-order valence-corrected chi connectivity index (χ0v) is 11.3. The van der Waals surface area contributed by atoms with Gasteiger partial charge in [-0.15, -0.1) is 0 Å². The second-order valence-corrected chi connectivity index (χ2v) is 5.24. The SMILES string of the molecule is Cc1ccc(C)c(C(=O)NCC2CCCNC2)c1. The Labute approximate surface area is 109 Å². The molecule has 1 aliphatic heterocycles.